The van der Waals surface area contributed by atoms with Crippen LogP contribution in [0.1, 0.15) is 11.1 Å². The van der Waals surface area contributed by atoms with Crippen molar-refractivity contribution in [1.29, 1.82) is 0 Å². The second-order valence-corrected chi connectivity index (χ2v) is 4.67. The first-order valence-electron chi connectivity index (χ1n) is 5.17. The number of nitrogens with one attached hydrogen (secondary N) is 1. The third-order valence-corrected chi connectivity index (χ3v) is 2.80. The molecule has 0 atom stereocenters. The number of aryl methyl sites for hydroxylation is 1. The van der Waals surface area contributed by atoms with E-state index >= 15 is 0 Å². The molecule has 1 N–H and O–H groups in total. The summed E-state index contributed by atoms with van der Waals surface area (Å²) in [7, 11) is 1.93. The first-order valence-corrected chi connectivity index (χ1v) is 5.96. The van der Waals surface area contributed by atoms with Gasteiger partial charge >= 0.3 is 0 Å². The molecule has 1 aromatic heterocycles. The lowest BCUT2D eigenvalue weighted by atomic mass is 10.2. The maximum atomic E-state index is 4.13. The van der Waals surface area contributed by atoms with Crippen LogP contribution in [0.2, 0.25) is 0 Å². The second-order valence-electron chi connectivity index (χ2n) is 3.76. The molecule has 0 spiro atoms. The summed E-state index contributed by atoms with van der Waals surface area (Å²) in [6, 6.07) is 8.31. The van der Waals surface area contributed by atoms with E-state index in [0.29, 0.717) is 0 Å². The van der Waals surface area contributed by atoms with Crippen molar-refractivity contribution in [3.8, 4) is 0 Å². The Balaban J connectivity index is 1.84. The molecule has 0 fully saturated rings. The normalized spacial score (nSPS) is 10.6. The molecule has 0 radical (unpaired) electrons. The van der Waals surface area contributed by atoms with Gasteiger partial charge in [-0.1, -0.05) is 28.1 Å². The van der Waals surface area contributed by atoms with Gasteiger partial charge in [0.05, 0.1) is 6.20 Å². The molecule has 2 aromatic rings. The van der Waals surface area contributed by atoms with Gasteiger partial charge in [0.25, 0.3) is 0 Å². The molecule has 4 heteroatoms. The van der Waals surface area contributed by atoms with E-state index in [9.17, 15) is 0 Å². The third kappa shape index (κ3) is 3.18. The van der Waals surface area contributed by atoms with Crippen molar-refractivity contribution >= 4 is 15.9 Å². The Bertz CT molecular complexity index is 465. The zero-order chi connectivity index (χ0) is 11.4. The summed E-state index contributed by atoms with van der Waals surface area (Å²) in [6.07, 6.45) is 3.90. The van der Waals surface area contributed by atoms with Gasteiger partial charge in [0.2, 0.25) is 0 Å². The van der Waals surface area contributed by atoms with E-state index in [1.54, 1.807) is 0 Å². The van der Waals surface area contributed by atoms with Crippen LogP contribution in [0.4, 0.5) is 0 Å². The molecule has 2 rings (SSSR count). The summed E-state index contributed by atoms with van der Waals surface area (Å²) in [6.45, 7) is 1.72. The summed E-state index contributed by atoms with van der Waals surface area (Å²) in [4.78, 5) is 0. The summed E-state index contributed by atoms with van der Waals surface area (Å²) >= 11 is 3.46. The molecular weight excluding hydrogens is 266 g/mol. The average Bonchev–Trinajstić information content (AvgIpc) is 2.64. The summed E-state index contributed by atoms with van der Waals surface area (Å²) < 4.78 is 2.93. The van der Waals surface area contributed by atoms with Crippen molar-refractivity contribution in [1.82, 2.24) is 15.1 Å². The number of hydrogen-bond acceptors (Lipinski definition) is 2. The Hall–Kier alpha value is -1.13. The van der Waals surface area contributed by atoms with E-state index in [1.165, 1.54) is 11.1 Å². The van der Waals surface area contributed by atoms with E-state index in [-0.39, 0.29) is 0 Å². The number of nitrogens with zero attached hydrogens (tertiary/aromatic N) is 2. The Kier molecular flexibility index (Phi) is 3.74. The van der Waals surface area contributed by atoms with Crippen LogP contribution in [0.25, 0.3) is 0 Å². The molecule has 0 bridgehead atoms. The lowest BCUT2D eigenvalue weighted by Crippen LogP contribution is -2.12. The zero-order valence-corrected chi connectivity index (χ0v) is 10.7. The third-order valence-electron chi connectivity index (χ3n) is 2.31. The second kappa shape index (κ2) is 5.27. The molecule has 1 aromatic carbocycles. The predicted molar refractivity (Wildman–Crippen MR) is 67.9 cm³/mol. The van der Waals surface area contributed by atoms with Crippen LogP contribution in [0.3, 0.4) is 0 Å². The molecular formula is C12H14BrN3. The maximum absolute atomic E-state index is 4.13. The van der Waals surface area contributed by atoms with Gasteiger partial charge in [0.1, 0.15) is 0 Å². The number of halogens is 1. The first-order chi connectivity index (χ1) is 7.74. The van der Waals surface area contributed by atoms with Crippen molar-refractivity contribution in [2.75, 3.05) is 0 Å². The van der Waals surface area contributed by atoms with E-state index in [1.807, 2.05) is 36.3 Å². The van der Waals surface area contributed by atoms with E-state index < -0.39 is 0 Å². The average molecular weight is 280 g/mol. The van der Waals surface area contributed by atoms with Crippen LogP contribution in [0.5, 0.6) is 0 Å². The number of hydrogen-bond donors (Lipinski definition) is 1. The van der Waals surface area contributed by atoms with Gasteiger partial charge in [-0.15, -0.1) is 0 Å². The quantitative estimate of drug-likeness (QED) is 0.932. The summed E-state index contributed by atoms with van der Waals surface area (Å²) in [5.41, 5.74) is 2.48. The molecule has 84 valence electrons. The summed E-state index contributed by atoms with van der Waals surface area (Å²) in [5.74, 6) is 0. The van der Waals surface area contributed by atoms with Gasteiger partial charge in [-0.25, -0.2) is 0 Å². The van der Waals surface area contributed by atoms with Crippen molar-refractivity contribution in [2.45, 2.75) is 13.1 Å². The minimum atomic E-state index is 0.848. The molecule has 0 saturated carbocycles. The van der Waals surface area contributed by atoms with Crippen molar-refractivity contribution < 1.29 is 0 Å². The smallest absolute Gasteiger partial charge is 0.0534 e. The van der Waals surface area contributed by atoms with Gasteiger partial charge in [0.15, 0.2) is 0 Å². The van der Waals surface area contributed by atoms with Gasteiger partial charge in [-0.3, -0.25) is 4.68 Å². The van der Waals surface area contributed by atoms with Crippen molar-refractivity contribution in [3.63, 3.8) is 0 Å². The van der Waals surface area contributed by atoms with Crippen LogP contribution in [0.15, 0.2) is 41.1 Å². The molecule has 16 heavy (non-hydrogen) atoms. The SMILES string of the molecule is Cn1cc(CNCc2cccc(Br)c2)cn1. The molecule has 0 saturated heterocycles. The highest BCUT2D eigenvalue weighted by atomic mass is 79.9. The molecule has 0 unspecified atom stereocenters. The lowest BCUT2D eigenvalue weighted by molar-refractivity contribution is 0.691. The van der Waals surface area contributed by atoms with Gasteiger partial charge < -0.3 is 5.32 Å². The van der Waals surface area contributed by atoms with E-state index in [0.717, 1.165) is 17.6 Å². The fourth-order valence-electron chi connectivity index (χ4n) is 1.56. The summed E-state index contributed by atoms with van der Waals surface area (Å²) in [5, 5.41) is 7.51. The highest BCUT2D eigenvalue weighted by molar-refractivity contribution is 9.10. The molecule has 0 aliphatic heterocycles. The largest absolute Gasteiger partial charge is 0.309 e. The van der Waals surface area contributed by atoms with Gasteiger partial charge in [0, 0.05) is 36.4 Å². The van der Waals surface area contributed by atoms with Gasteiger partial charge in [-0.2, -0.15) is 5.10 Å². The predicted octanol–water partition coefficient (Wildman–Crippen LogP) is 2.47. The monoisotopic (exact) mass is 279 g/mol. The fraction of sp³-hybridized carbons (Fsp3) is 0.250. The van der Waals surface area contributed by atoms with Crippen LogP contribution in [0, 0.1) is 0 Å². The van der Waals surface area contributed by atoms with E-state index in [2.05, 4.69) is 38.5 Å². The van der Waals surface area contributed by atoms with Crippen molar-refractivity contribution in [2.24, 2.45) is 7.05 Å². The molecule has 1 heterocycles. The van der Waals surface area contributed by atoms with Crippen LogP contribution < -0.4 is 5.32 Å². The number of benzene rings is 1. The standard InChI is InChI=1S/C12H14BrN3/c1-16-9-11(8-15-16)7-14-6-10-3-2-4-12(13)5-10/h2-5,8-9,14H,6-7H2,1H3. The molecule has 0 amide bonds. The molecule has 0 aliphatic rings. The van der Waals surface area contributed by atoms with E-state index in [4.69, 9.17) is 0 Å². The lowest BCUT2D eigenvalue weighted by Gasteiger charge is -2.03. The highest BCUT2D eigenvalue weighted by Gasteiger charge is 1.96. The topological polar surface area (TPSA) is 29.9 Å². The van der Waals surface area contributed by atoms with Crippen LogP contribution in [-0.2, 0) is 20.1 Å². The first kappa shape index (κ1) is 11.4. The molecule has 0 aliphatic carbocycles. The van der Waals surface area contributed by atoms with Crippen molar-refractivity contribution in [3.05, 3.63) is 52.3 Å². The molecule has 3 nitrogen and oxygen atoms in total. The Morgan fingerprint density at radius 3 is 2.81 bits per heavy atom. The van der Waals surface area contributed by atoms with Crippen LogP contribution >= 0.6 is 15.9 Å². The van der Waals surface area contributed by atoms with Gasteiger partial charge in [-0.05, 0) is 17.7 Å². The maximum Gasteiger partial charge on any atom is 0.0534 e. The van der Waals surface area contributed by atoms with Crippen LogP contribution in [-0.4, -0.2) is 9.78 Å². The highest BCUT2D eigenvalue weighted by Crippen LogP contribution is 2.11. The Morgan fingerprint density at radius 2 is 2.12 bits per heavy atom. The number of rotatable bonds is 4. The minimum absolute atomic E-state index is 0.848. The zero-order valence-electron chi connectivity index (χ0n) is 9.15. The Labute approximate surface area is 104 Å². The minimum Gasteiger partial charge on any atom is -0.309 e. The fourth-order valence-corrected chi connectivity index (χ4v) is 2.01. The Morgan fingerprint density at radius 1 is 1.31 bits per heavy atom. The number of aromatic nitrogens is 2.